The number of aliphatic hydroxyl groups excluding tert-OH is 9. The summed E-state index contributed by atoms with van der Waals surface area (Å²) >= 11 is 0. The highest BCUT2D eigenvalue weighted by Crippen LogP contribution is 2.38. The van der Waals surface area contributed by atoms with Gasteiger partial charge in [0.25, 0.3) is 0 Å². The highest BCUT2D eigenvalue weighted by molar-refractivity contribution is 5.86. The molecule has 4 heterocycles. The first kappa shape index (κ1) is 63.8. The summed E-state index contributed by atoms with van der Waals surface area (Å²) < 4.78 is 28.8. The Hall–Kier alpha value is -4.76. The molecule has 1 amide bonds. The third kappa shape index (κ3) is 20.6. The lowest BCUT2D eigenvalue weighted by Crippen LogP contribution is -2.62. The van der Waals surface area contributed by atoms with Crippen molar-refractivity contribution < 1.29 is 89.1 Å². The molecule has 0 aliphatic carbocycles. The number of esters is 2. The highest BCUT2D eigenvalue weighted by atomic mass is 16.7. The summed E-state index contributed by atoms with van der Waals surface area (Å²) in [7, 11) is 1.13. The number of hydrogen-bond donors (Lipinski definition) is 13. The monoisotopic (exact) mass is 1070 g/mol. The second-order valence-corrected chi connectivity index (χ2v) is 20.1. The van der Waals surface area contributed by atoms with E-state index in [4.69, 9.17) is 29.4 Å². The van der Waals surface area contributed by atoms with Gasteiger partial charge in [0, 0.05) is 55.8 Å². The second-order valence-electron chi connectivity index (χ2n) is 20.1. The van der Waals surface area contributed by atoms with Crippen LogP contribution >= 0.6 is 0 Å². The van der Waals surface area contributed by atoms with Crippen molar-refractivity contribution in [2.75, 3.05) is 7.11 Å². The van der Waals surface area contributed by atoms with Crippen LogP contribution in [0.15, 0.2) is 97.6 Å². The molecule has 2 saturated heterocycles. The van der Waals surface area contributed by atoms with Crippen molar-refractivity contribution in [3.8, 4) is 0 Å². The second kappa shape index (κ2) is 31.6. The van der Waals surface area contributed by atoms with Crippen LogP contribution in [0.4, 0.5) is 0 Å². The molecule has 3 aliphatic heterocycles. The van der Waals surface area contributed by atoms with Crippen LogP contribution in [0, 0.1) is 17.8 Å². The van der Waals surface area contributed by atoms with E-state index >= 15 is 0 Å². The summed E-state index contributed by atoms with van der Waals surface area (Å²) in [6.45, 7) is 6.74. The lowest BCUT2D eigenvalue weighted by atomic mass is 9.82. The van der Waals surface area contributed by atoms with Gasteiger partial charge in [0.05, 0.1) is 99.0 Å². The fraction of sp³-hybridized carbons (Fsp3) is 0.630. The topological polar surface area (TPSA) is 366 Å². The molecule has 0 unspecified atom stereocenters. The number of imidazole rings is 1. The van der Waals surface area contributed by atoms with Crippen LogP contribution < -0.4 is 11.1 Å². The standard InChI is InChI=1S/C54H82N4O18/c1-31-18-16-14-12-10-8-6-7-9-11-13-15-17-19-39(75-53-50(68)47(55)49(67)34(4)74-53)26-44-46(51(69)58-40(52(70)72-5)22-35-29-56-30-57-35)43(64)28-54(71,76-44)27-38(61)24-42(63)41(62)21-20-36(59)23-37(60)25-45(65)73-33(3)32(2)48(31)66/h6-19,29-34,36-44,46-50,53,59-64,66-68,71H,20-28,55H2,1-5H3,(H,56,57)(H,58,69)/b7-6+,10-8+,11-9+,14-12+,15-13+,18-16+,19-17+/t31-,32-,33-,34+,36+,37+,38-,39-,40-,41+,42+,43-,44-,46+,47-,48+,49+,50-,53-,54+/m0/s1. The molecule has 22 heteroatoms. The SMILES string of the molecule is COC(=O)[C@H](Cc1cnc[nH]1)NC(=O)[C@H]1[C@@H]2C[C@@H](O[C@@H]3O[C@H](C)[C@@H](O)[C@H](N)[C@@H]3O)/C=C/C=C/C=C/C=C/C=C/C=C/C=C/[C@H](C)[C@@H](O)[C@@H](C)[C@H](C)OC(=O)C[C@H](O)C[C@H](O)CC[C@@H](O)[C@H](O)C[C@H](O)C[C@](O)(C[C@@H]1O)O2. The van der Waals surface area contributed by atoms with Crippen LogP contribution in [0.3, 0.4) is 0 Å². The van der Waals surface area contributed by atoms with Crippen LogP contribution in [0.25, 0.3) is 0 Å². The number of carbonyl (C=O) groups excluding carboxylic acids is 3. The van der Waals surface area contributed by atoms with Gasteiger partial charge in [-0.05, 0) is 33.1 Å². The Bertz CT molecular complexity index is 2130. The summed E-state index contributed by atoms with van der Waals surface area (Å²) in [6, 6.07) is -2.47. The van der Waals surface area contributed by atoms with E-state index in [1.165, 1.54) is 25.5 Å². The van der Waals surface area contributed by atoms with E-state index in [0.29, 0.717) is 5.69 Å². The molecule has 2 bridgehead atoms. The maximum atomic E-state index is 14.3. The first-order valence-electron chi connectivity index (χ1n) is 25.8. The number of cyclic esters (lactones) is 1. The first-order chi connectivity index (χ1) is 36.0. The fourth-order valence-corrected chi connectivity index (χ4v) is 9.21. The number of rotatable bonds is 7. The lowest BCUT2D eigenvalue weighted by molar-refractivity contribution is -0.307. The van der Waals surface area contributed by atoms with E-state index in [-0.39, 0.29) is 38.0 Å². The molecule has 76 heavy (non-hydrogen) atoms. The minimum Gasteiger partial charge on any atom is -0.467 e. The minimum absolute atomic E-state index is 0.0855. The number of nitrogens with one attached hydrogen (secondary N) is 2. The van der Waals surface area contributed by atoms with Crippen LogP contribution in [0.1, 0.15) is 84.8 Å². The van der Waals surface area contributed by atoms with E-state index in [9.17, 15) is 65.4 Å². The smallest absolute Gasteiger partial charge is 0.328 e. The van der Waals surface area contributed by atoms with E-state index in [0.717, 1.165) is 7.11 Å². The quantitative estimate of drug-likeness (QED) is 0.163. The number of nitrogens with two attached hydrogens (primary N) is 1. The van der Waals surface area contributed by atoms with Crippen molar-refractivity contribution >= 4 is 17.8 Å². The molecular formula is C54H82N4O18. The van der Waals surface area contributed by atoms with Crippen molar-refractivity contribution in [2.24, 2.45) is 23.5 Å². The number of aromatic amines is 1. The fourth-order valence-electron chi connectivity index (χ4n) is 9.21. The zero-order chi connectivity index (χ0) is 56.1. The number of carbonyl (C=O) groups is 3. The molecule has 0 saturated carbocycles. The van der Waals surface area contributed by atoms with Crippen LogP contribution in [-0.2, 0) is 44.5 Å². The number of hydrogen-bond acceptors (Lipinski definition) is 20. The Labute approximate surface area is 444 Å². The largest absolute Gasteiger partial charge is 0.467 e. The van der Waals surface area contributed by atoms with Gasteiger partial charge in [-0.25, -0.2) is 9.78 Å². The number of H-pyrrole nitrogens is 1. The summed E-state index contributed by atoms with van der Waals surface area (Å²) in [5, 5.41) is 113. The number of amides is 1. The van der Waals surface area contributed by atoms with Gasteiger partial charge in [-0.1, -0.05) is 98.9 Å². The van der Waals surface area contributed by atoms with Crippen molar-refractivity contribution in [2.45, 2.75) is 189 Å². The van der Waals surface area contributed by atoms with Crippen LogP contribution in [-0.4, -0.2) is 190 Å². The van der Waals surface area contributed by atoms with Gasteiger partial charge in [0.1, 0.15) is 18.2 Å². The summed E-state index contributed by atoms with van der Waals surface area (Å²) in [4.78, 5) is 46.8. The summed E-state index contributed by atoms with van der Waals surface area (Å²) in [5.41, 5.74) is 6.60. The van der Waals surface area contributed by atoms with Gasteiger partial charge < -0.3 is 90.8 Å². The Morgan fingerprint density at radius 2 is 1.38 bits per heavy atom. The molecule has 20 atom stereocenters. The average Bonchev–Trinajstić information content (AvgIpc) is 3.88. The molecule has 4 rings (SSSR count). The van der Waals surface area contributed by atoms with Crippen molar-refractivity contribution in [1.82, 2.24) is 15.3 Å². The van der Waals surface area contributed by atoms with Crippen molar-refractivity contribution in [1.29, 1.82) is 0 Å². The third-order valence-corrected chi connectivity index (χ3v) is 13.8. The number of fused-ring (bicyclic) bond motifs is 2. The predicted molar refractivity (Wildman–Crippen MR) is 276 cm³/mol. The van der Waals surface area contributed by atoms with Gasteiger partial charge in [0.15, 0.2) is 12.1 Å². The predicted octanol–water partition coefficient (Wildman–Crippen LogP) is 0.251. The molecule has 14 N–H and O–H groups in total. The molecule has 0 spiro atoms. The normalized spacial score (nSPS) is 40.9. The molecule has 2 fully saturated rings. The van der Waals surface area contributed by atoms with E-state index < -0.39 is 159 Å². The zero-order valence-corrected chi connectivity index (χ0v) is 43.8. The Morgan fingerprint density at radius 1 is 0.763 bits per heavy atom. The van der Waals surface area contributed by atoms with Crippen LogP contribution in [0.5, 0.6) is 0 Å². The summed E-state index contributed by atoms with van der Waals surface area (Å²) in [5.74, 6) is -7.14. The van der Waals surface area contributed by atoms with Gasteiger partial charge in [-0.3, -0.25) is 9.59 Å². The van der Waals surface area contributed by atoms with Crippen molar-refractivity contribution in [3.05, 3.63) is 103 Å². The molecule has 0 radical (unpaired) electrons. The van der Waals surface area contributed by atoms with Gasteiger partial charge in [-0.15, -0.1) is 0 Å². The molecule has 426 valence electrons. The number of nitrogens with zero attached hydrogens (tertiary/aromatic N) is 1. The van der Waals surface area contributed by atoms with Gasteiger partial charge in [-0.2, -0.15) is 0 Å². The number of allylic oxidation sites excluding steroid dienone is 12. The van der Waals surface area contributed by atoms with Gasteiger partial charge >= 0.3 is 11.9 Å². The maximum absolute atomic E-state index is 14.3. The zero-order valence-electron chi connectivity index (χ0n) is 43.8. The lowest BCUT2D eigenvalue weighted by Gasteiger charge is -2.46. The van der Waals surface area contributed by atoms with E-state index in [1.54, 1.807) is 86.8 Å². The number of methoxy groups -OCH3 is 1. The minimum atomic E-state index is -2.39. The molecule has 0 aromatic carbocycles. The molecule has 22 nitrogen and oxygen atoms in total. The molecular weight excluding hydrogens is 993 g/mol. The Morgan fingerprint density at radius 3 is 1.99 bits per heavy atom. The molecule has 3 aliphatic rings. The van der Waals surface area contributed by atoms with Gasteiger partial charge in [0.2, 0.25) is 5.91 Å². The number of aliphatic hydroxyl groups is 10. The highest BCUT2D eigenvalue weighted by Gasteiger charge is 2.51. The maximum Gasteiger partial charge on any atom is 0.328 e. The Balaban J connectivity index is 1.65. The Kier molecular flexibility index (Phi) is 26.5. The third-order valence-electron chi connectivity index (χ3n) is 13.8. The first-order valence-corrected chi connectivity index (χ1v) is 25.8. The van der Waals surface area contributed by atoms with E-state index in [1.807, 2.05) is 13.0 Å². The number of aromatic nitrogens is 2. The van der Waals surface area contributed by atoms with Crippen molar-refractivity contribution in [3.63, 3.8) is 0 Å². The molecule has 1 aromatic heterocycles. The summed E-state index contributed by atoms with van der Waals surface area (Å²) in [6.07, 6.45) is 5.54. The molecule has 1 aromatic rings. The number of ether oxygens (including phenoxy) is 5. The van der Waals surface area contributed by atoms with Crippen LogP contribution in [0.2, 0.25) is 0 Å². The van der Waals surface area contributed by atoms with E-state index in [2.05, 4.69) is 15.3 Å². The average molecular weight is 1080 g/mol.